The molecule has 6 nitrogen and oxygen atoms in total. The van der Waals surface area contributed by atoms with Crippen molar-refractivity contribution in [1.29, 1.82) is 0 Å². The Labute approximate surface area is 135 Å². The number of benzene rings is 1. The normalized spacial score (nSPS) is 20.7. The number of Topliss-reactive ketones (excluding diaryl/α,β-unsaturated/α-hetero) is 1. The predicted octanol–water partition coefficient (Wildman–Crippen LogP) is 1.96. The first kappa shape index (κ1) is 17.0. The minimum Gasteiger partial charge on any atom is -0.497 e. The molecule has 0 bridgehead atoms. The molecule has 1 aromatic carbocycles. The van der Waals surface area contributed by atoms with E-state index in [4.69, 9.17) is 9.47 Å². The number of anilines is 1. The second-order valence-corrected chi connectivity index (χ2v) is 5.81. The molecule has 0 aromatic heterocycles. The summed E-state index contributed by atoms with van der Waals surface area (Å²) in [6, 6.07) is 5.86. The second-order valence-electron chi connectivity index (χ2n) is 5.81. The highest BCUT2D eigenvalue weighted by atomic mass is 16.5. The van der Waals surface area contributed by atoms with Crippen LogP contribution in [0.2, 0.25) is 0 Å². The van der Waals surface area contributed by atoms with Gasteiger partial charge in [-0.15, -0.1) is 0 Å². The summed E-state index contributed by atoms with van der Waals surface area (Å²) in [5.74, 6) is -1.05. The van der Waals surface area contributed by atoms with E-state index in [0.29, 0.717) is 11.4 Å². The Morgan fingerprint density at radius 1 is 1.22 bits per heavy atom. The van der Waals surface area contributed by atoms with Gasteiger partial charge in [-0.05, 0) is 45.0 Å². The van der Waals surface area contributed by atoms with Crippen LogP contribution in [-0.2, 0) is 19.1 Å². The highest BCUT2D eigenvalue weighted by Gasteiger charge is 2.48. The Kier molecular flexibility index (Phi) is 5.03. The minimum absolute atomic E-state index is 0.0131. The molecule has 1 heterocycles. The molecular weight excluding hydrogens is 298 g/mol. The Morgan fingerprint density at radius 3 is 2.30 bits per heavy atom. The average Bonchev–Trinajstić information content (AvgIpc) is 2.84. The first-order valence-corrected chi connectivity index (χ1v) is 7.52. The van der Waals surface area contributed by atoms with Crippen molar-refractivity contribution in [2.24, 2.45) is 5.92 Å². The summed E-state index contributed by atoms with van der Waals surface area (Å²) in [6.45, 7) is 4.86. The number of hydrogen-bond donors (Lipinski definition) is 0. The number of nitrogens with zero attached hydrogens (tertiary/aromatic N) is 1. The van der Waals surface area contributed by atoms with Gasteiger partial charge in [-0.1, -0.05) is 0 Å². The van der Waals surface area contributed by atoms with Gasteiger partial charge in [-0.25, -0.2) is 4.79 Å². The van der Waals surface area contributed by atoms with Crippen molar-refractivity contribution in [3.8, 4) is 5.75 Å². The summed E-state index contributed by atoms with van der Waals surface area (Å²) in [6.07, 6.45) is -0.303. The smallest absolute Gasteiger partial charge is 0.330 e. The van der Waals surface area contributed by atoms with Gasteiger partial charge in [0.2, 0.25) is 5.91 Å². The molecule has 0 aliphatic carbocycles. The molecule has 2 rings (SSSR count). The molecule has 2 unspecified atom stereocenters. The molecule has 1 fully saturated rings. The molecule has 0 radical (unpaired) electrons. The number of esters is 1. The van der Waals surface area contributed by atoms with E-state index in [1.807, 2.05) is 0 Å². The lowest BCUT2D eigenvalue weighted by Gasteiger charge is -2.26. The van der Waals surface area contributed by atoms with Crippen LogP contribution < -0.4 is 9.64 Å². The van der Waals surface area contributed by atoms with Gasteiger partial charge in [0.25, 0.3) is 0 Å². The molecule has 124 valence electrons. The van der Waals surface area contributed by atoms with E-state index in [-0.39, 0.29) is 24.2 Å². The fourth-order valence-electron chi connectivity index (χ4n) is 2.72. The highest BCUT2D eigenvalue weighted by Crippen LogP contribution is 2.33. The monoisotopic (exact) mass is 319 g/mol. The Morgan fingerprint density at radius 2 is 1.83 bits per heavy atom. The highest BCUT2D eigenvalue weighted by molar-refractivity contribution is 6.07. The zero-order valence-electron chi connectivity index (χ0n) is 13.7. The number of carbonyl (C=O) groups is 3. The predicted molar refractivity (Wildman–Crippen MR) is 84.3 cm³/mol. The Balaban J connectivity index is 2.38. The molecule has 1 saturated heterocycles. The second kappa shape index (κ2) is 6.81. The van der Waals surface area contributed by atoms with Gasteiger partial charge >= 0.3 is 5.97 Å². The van der Waals surface area contributed by atoms with Gasteiger partial charge < -0.3 is 9.47 Å². The quantitative estimate of drug-likeness (QED) is 0.776. The van der Waals surface area contributed by atoms with E-state index in [1.54, 1.807) is 45.2 Å². The lowest BCUT2D eigenvalue weighted by Crippen LogP contribution is -2.44. The molecular formula is C17H21NO5. The van der Waals surface area contributed by atoms with E-state index in [1.165, 1.54) is 11.8 Å². The molecule has 1 amide bonds. The number of amides is 1. The standard InChI is InChI=1S/C17H21NO5/c1-10(2)23-17(21)16-14(11(3)19)9-15(20)18(16)12-5-7-13(22-4)8-6-12/h5-8,10,14,16H,9H2,1-4H3. The van der Waals surface area contributed by atoms with Crippen molar-refractivity contribution >= 4 is 23.3 Å². The molecule has 1 aromatic rings. The Bertz CT molecular complexity index is 608. The van der Waals surface area contributed by atoms with Crippen molar-refractivity contribution in [2.75, 3.05) is 12.0 Å². The minimum atomic E-state index is -0.921. The van der Waals surface area contributed by atoms with Crippen molar-refractivity contribution < 1.29 is 23.9 Å². The molecule has 23 heavy (non-hydrogen) atoms. The zero-order valence-corrected chi connectivity index (χ0v) is 13.7. The number of hydrogen-bond acceptors (Lipinski definition) is 5. The summed E-state index contributed by atoms with van der Waals surface area (Å²) in [7, 11) is 1.55. The maximum absolute atomic E-state index is 12.4. The third-order valence-electron chi connectivity index (χ3n) is 3.79. The molecule has 1 aliphatic rings. The number of ketones is 1. The van der Waals surface area contributed by atoms with E-state index in [0.717, 1.165) is 0 Å². The van der Waals surface area contributed by atoms with E-state index in [9.17, 15) is 14.4 Å². The lowest BCUT2D eigenvalue weighted by atomic mass is 9.96. The number of carbonyl (C=O) groups excluding carboxylic acids is 3. The summed E-state index contributed by atoms with van der Waals surface area (Å²) in [5, 5.41) is 0. The third kappa shape index (κ3) is 3.52. The fourth-order valence-corrected chi connectivity index (χ4v) is 2.72. The van der Waals surface area contributed by atoms with Gasteiger partial charge in [0.15, 0.2) is 0 Å². The van der Waals surface area contributed by atoms with E-state index in [2.05, 4.69) is 0 Å². The number of rotatable bonds is 5. The van der Waals surface area contributed by atoms with E-state index < -0.39 is 17.9 Å². The van der Waals surface area contributed by atoms with Gasteiger partial charge in [0.1, 0.15) is 17.6 Å². The topological polar surface area (TPSA) is 72.9 Å². The molecule has 2 atom stereocenters. The largest absolute Gasteiger partial charge is 0.497 e. The molecule has 0 N–H and O–H groups in total. The fraction of sp³-hybridized carbons (Fsp3) is 0.471. The van der Waals surface area contributed by atoms with Crippen LogP contribution in [0, 0.1) is 5.92 Å². The number of ether oxygens (including phenoxy) is 2. The van der Waals surface area contributed by atoms with Crippen molar-refractivity contribution in [1.82, 2.24) is 0 Å². The summed E-state index contributed by atoms with van der Waals surface area (Å²) in [4.78, 5) is 38.0. The van der Waals surface area contributed by atoms with Gasteiger partial charge in [0, 0.05) is 12.1 Å². The van der Waals surface area contributed by atoms with Gasteiger partial charge in [-0.3, -0.25) is 14.5 Å². The van der Waals surface area contributed by atoms with Crippen molar-refractivity contribution in [2.45, 2.75) is 39.3 Å². The first-order chi connectivity index (χ1) is 10.8. The maximum atomic E-state index is 12.4. The Hall–Kier alpha value is -2.37. The molecule has 0 saturated carbocycles. The summed E-state index contributed by atoms with van der Waals surface area (Å²) < 4.78 is 10.3. The van der Waals surface area contributed by atoms with Crippen molar-refractivity contribution in [3.63, 3.8) is 0 Å². The summed E-state index contributed by atoms with van der Waals surface area (Å²) in [5.41, 5.74) is 0.547. The van der Waals surface area contributed by atoms with Gasteiger partial charge in [-0.2, -0.15) is 0 Å². The first-order valence-electron chi connectivity index (χ1n) is 7.52. The van der Waals surface area contributed by atoms with E-state index >= 15 is 0 Å². The molecule has 0 spiro atoms. The summed E-state index contributed by atoms with van der Waals surface area (Å²) >= 11 is 0. The van der Waals surface area contributed by atoms with Crippen LogP contribution in [0.5, 0.6) is 5.75 Å². The van der Waals surface area contributed by atoms with Crippen LogP contribution >= 0.6 is 0 Å². The van der Waals surface area contributed by atoms with Gasteiger partial charge in [0.05, 0.1) is 19.1 Å². The number of methoxy groups -OCH3 is 1. The van der Waals surface area contributed by atoms with Crippen LogP contribution in [0.25, 0.3) is 0 Å². The van der Waals surface area contributed by atoms with Crippen LogP contribution in [0.4, 0.5) is 5.69 Å². The van der Waals surface area contributed by atoms with Crippen LogP contribution in [0.1, 0.15) is 27.2 Å². The molecule has 1 aliphatic heterocycles. The average molecular weight is 319 g/mol. The maximum Gasteiger partial charge on any atom is 0.330 e. The van der Waals surface area contributed by atoms with Crippen LogP contribution in [0.15, 0.2) is 24.3 Å². The molecule has 6 heteroatoms. The SMILES string of the molecule is COc1ccc(N2C(=O)CC(C(C)=O)C2C(=O)OC(C)C)cc1. The van der Waals surface area contributed by atoms with Crippen molar-refractivity contribution in [3.05, 3.63) is 24.3 Å². The zero-order chi connectivity index (χ0) is 17.1. The van der Waals surface area contributed by atoms with Crippen LogP contribution in [0.3, 0.4) is 0 Å². The lowest BCUT2D eigenvalue weighted by molar-refractivity contribution is -0.151. The van der Waals surface area contributed by atoms with Crippen LogP contribution in [-0.4, -0.2) is 36.9 Å². The third-order valence-corrected chi connectivity index (χ3v) is 3.79.